The molecule has 1 N–H and O–H groups in total. The van der Waals surface area contributed by atoms with Crippen LogP contribution in [-0.4, -0.2) is 62.4 Å². The second-order valence-electron chi connectivity index (χ2n) is 6.91. The highest BCUT2D eigenvalue weighted by atomic mass is 32.2. The molecule has 1 aliphatic rings. The third-order valence-corrected chi connectivity index (χ3v) is 7.67. The minimum absolute atomic E-state index is 0.0314. The average molecular weight is 482 g/mol. The van der Waals surface area contributed by atoms with Gasteiger partial charge in [-0.1, -0.05) is 12.1 Å². The number of carbonyl (C=O) groups is 3. The van der Waals surface area contributed by atoms with E-state index in [4.69, 9.17) is 4.74 Å². The van der Waals surface area contributed by atoms with E-state index in [2.05, 4.69) is 15.0 Å². The number of rotatable bonds is 7. The number of carbonyl (C=O) groups excluding carboxylic acids is 3. The molecular formula is C20H23N3O7S2. The zero-order valence-electron chi connectivity index (χ0n) is 17.6. The SMILES string of the molecule is CCOC(=O)c1csc(NC(=O)C2CCN(S(=O)(=O)c3ccccc3C(=O)OC)CC2)n1. The third-order valence-electron chi connectivity index (χ3n) is 4.95. The lowest BCUT2D eigenvalue weighted by Gasteiger charge is -2.30. The number of benzene rings is 1. The van der Waals surface area contributed by atoms with Gasteiger partial charge in [0.25, 0.3) is 0 Å². The van der Waals surface area contributed by atoms with Crippen LogP contribution in [0.3, 0.4) is 0 Å². The van der Waals surface area contributed by atoms with E-state index in [1.54, 1.807) is 13.0 Å². The van der Waals surface area contributed by atoms with E-state index < -0.39 is 27.9 Å². The lowest BCUT2D eigenvalue weighted by molar-refractivity contribution is -0.120. The highest BCUT2D eigenvalue weighted by molar-refractivity contribution is 7.89. The predicted octanol–water partition coefficient (Wildman–Crippen LogP) is 2.15. The van der Waals surface area contributed by atoms with Crippen LogP contribution in [0.1, 0.15) is 40.6 Å². The molecule has 0 atom stereocenters. The Morgan fingerprint density at radius 3 is 2.53 bits per heavy atom. The summed E-state index contributed by atoms with van der Waals surface area (Å²) in [7, 11) is -2.74. The fraction of sp³-hybridized carbons (Fsp3) is 0.400. The first-order chi connectivity index (χ1) is 15.3. The maximum Gasteiger partial charge on any atom is 0.357 e. The molecule has 1 amide bonds. The molecule has 0 spiro atoms. The molecule has 0 aliphatic carbocycles. The Labute approximate surface area is 189 Å². The number of esters is 2. The summed E-state index contributed by atoms with van der Waals surface area (Å²) in [6, 6.07) is 5.87. The molecule has 1 fully saturated rings. The van der Waals surface area contributed by atoms with Crippen LogP contribution in [0.2, 0.25) is 0 Å². The molecule has 0 saturated carbocycles. The van der Waals surface area contributed by atoms with Gasteiger partial charge in [0.2, 0.25) is 15.9 Å². The Morgan fingerprint density at radius 2 is 1.88 bits per heavy atom. The van der Waals surface area contributed by atoms with Crippen molar-refractivity contribution in [1.82, 2.24) is 9.29 Å². The van der Waals surface area contributed by atoms with Gasteiger partial charge in [-0.25, -0.2) is 23.0 Å². The summed E-state index contributed by atoms with van der Waals surface area (Å²) in [4.78, 5) is 40.2. The molecule has 1 aromatic heterocycles. The molecule has 172 valence electrons. The summed E-state index contributed by atoms with van der Waals surface area (Å²) in [6.07, 6.45) is 0.614. The van der Waals surface area contributed by atoms with Gasteiger partial charge in [0, 0.05) is 24.4 Å². The molecule has 2 heterocycles. The Bertz CT molecular complexity index is 1110. The Hall–Kier alpha value is -2.83. The number of hydrogen-bond donors (Lipinski definition) is 1. The second kappa shape index (κ2) is 10.2. The largest absolute Gasteiger partial charge is 0.465 e. The van der Waals surface area contributed by atoms with Crippen molar-refractivity contribution < 1.29 is 32.3 Å². The van der Waals surface area contributed by atoms with Crippen molar-refractivity contribution in [1.29, 1.82) is 0 Å². The van der Waals surface area contributed by atoms with E-state index in [0.717, 1.165) is 11.3 Å². The standard InChI is InChI=1S/C20H23N3O7S2/c1-3-30-19(26)15-12-31-20(21-15)22-17(24)13-8-10-23(11-9-13)32(27,28)16-7-5-4-6-14(16)18(25)29-2/h4-7,12-13H,3,8-11H2,1-2H3,(H,21,22,24). The second-order valence-corrected chi connectivity index (χ2v) is 9.68. The molecule has 1 aromatic carbocycles. The van der Waals surface area contributed by atoms with Crippen molar-refractivity contribution in [2.75, 3.05) is 32.1 Å². The number of sulfonamides is 1. The summed E-state index contributed by atoms with van der Waals surface area (Å²) in [5, 5.41) is 4.46. The summed E-state index contributed by atoms with van der Waals surface area (Å²) in [6.45, 7) is 2.17. The van der Waals surface area contributed by atoms with Gasteiger partial charge in [-0.3, -0.25) is 4.79 Å². The fourth-order valence-electron chi connectivity index (χ4n) is 3.30. The van der Waals surface area contributed by atoms with Crippen LogP contribution >= 0.6 is 11.3 Å². The Kier molecular flexibility index (Phi) is 7.59. The number of ether oxygens (including phenoxy) is 2. The molecule has 0 unspecified atom stereocenters. The van der Waals surface area contributed by atoms with Crippen molar-refractivity contribution in [2.24, 2.45) is 5.92 Å². The molecule has 0 radical (unpaired) electrons. The lowest BCUT2D eigenvalue weighted by atomic mass is 9.97. The quantitative estimate of drug-likeness (QED) is 0.595. The number of thiazole rings is 1. The van der Waals surface area contributed by atoms with Crippen LogP contribution in [0.25, 0.3) is 0 Å². The predicted molar refractivity (Wildman–Crippen MR) is 116 cm³/mol. The first-order valence-electron chi connectivity index (χ1n) is 9.89. The highest BCUT2D eigenvalue weighted by Crippen LogP contribution is 2.27. The summed E-state index contributed by atoms with van der Waals surface area (Å²) < 4.78 is 37.0. The van der Waals surface area contributed by atoms with Gasteiger partial charge in [-0.05, 0) is 31.9 Å². The number of anilines is 1. The van der Waals surface area contributed by atoms with E-state index in [9.17, 15) is 22.8 Å². The Balaban J connectivity index is 1.63. The van der Waals surface area contributed by atoms with Crippen LogP contribution in [0.4, 0.5) is 5.13 Å². The van der Waals surface area contributed by atoms with Crippen LogP contribution in [0, 0.1) is 5.92 Å². The number of nitrogens with one attached hydrogen (secondary N) is 1. The van der Waals surface area contributed by atoms with Crippen molar-refractivity contribution in [3.63, 3.8) is 0 Å². The molecule has 1 aliphatic heterocycles. The van der Waals surface area contributed by atoms with Gasteiger partial charge < -0.3 is 14.8 Å². The molecule has 0 bridgehead atoms. The zero-order valence-corrected chi connectivity index (χ0v) is 19.2. The van der Waals surface area contributed by atoms with Gasteiger partial charge in [0.05, 0.1) is 24.2 Å². The van der Waals surface area contributed by atoms with Crippen molar-refractivity contribution >= 4 is 44.3 Å². The molecule has 32 heavy (non-hydrogen) atoms. The molecular weight excluding hydrogens is 458 g/mol. The lowest BCUT2D eigenvalue weighted by Crippen LogP contribution is -2.41. The van der Waals surface area contributed by atoms with Crippen molar-refractivity contribution in [3.8, 4) is 0 Å². The minimum atomic E-state index is -3.93. The van der Waals surface area contributed by atoms with E-state index in [1.165, 1.54) is 35.0 Å². The smallest absolute Gasteiger partial charge is 0.357 e. The van der Waals surface area contributed by atoms with Gasteiger partial charge in [-0.2, -0.15) is 4.31 Å². The number of aromatic nitrogens is 1. The van der Waals surface area contributed by atoms with Gasteiger partial charge in [0.1, 0.15) is 0 Å². The maximum absolute atomic E-state index is 13.1. The molecule has 1 saturated heterocycles. The third kappa shape index (κ3) is 5.14. The van der Waals surface area contributed by atoms with Gasteiger partial charge in [-0.15, -0.1) is 11.3 Å². The van der Waals surface area contributed by atoms with Crippen LogP contribution in [0.5, 0.6) is 0 Å². The van der Waals surface area contributed by atoms with Crippen LogP contribution in [0.15, 0.2) is 34.5 Å². The topological polar surface area (TPSA) is 132 Å². The average Bonchev–Trinajstić information content (AvgIpc) is 3.27. The summed E-state index contributed by atoms with van der Waals surface area (Å²) in [5.41, 5.74) is 0.0911. The zero-order chi connectivity index (χ0) is 23.3. The Morgan fingerprint density at radius 1 is 1.19 bits per heavy atom. The first-order valence-corrected chi connectivity index (χ1v) is 12.2. The number of amides is 1. The number of nitrogens with zero attached hydrogens (tertiary/aromatic N) is 2. The van der Waals surface area contributed by atoms with Gasteiger partial charge in [0.15, 0.2) is 10.8 Å². The molecule has 2 aromatic rings. The molecule has 12 heteroatoms. The summed E-state index contributed by atoms with van der Waals surface area (Å²) >= 11 is 1.11. The maximum atomic E-state index is 13.1. The monoisotopic (exact) mass is 481 g/mol. The molecule has 10 nitrogen and oxygen atoms in total. The van der Waals surface area contributed by atoms with Crippen molar-refractivity contribution in [3.05, 3.63) is 40.9 Å². The van der Waals surface area contributed by atoms with E-state index in [1.807, 2.05) is 0 Å². The number of methoxy groups -OCH3 is 1. The normalized spacial score (nSPS) is 15.2. The van der Waals surface area contributed by atoms with E-state index >= 15 is 0 Å². The van der Waals surface area contributed by atoms with Crippen LogP contribution in [-0.2, 0) is 24.3 Å². The number of hydrogen-bond acceptors (Lipinski definition) is 9. The fourth-order valence-corrected chi connectivity index (χ4v) is 5.64. The highest BCUT2D eigenvalue weighted by Gasteiger charge is 2.34. The van der Waals surface area contributed by atoms with Gasteiger partial charge >= 0.3 is 11.9 Å². The van der Waals surface area contributed by atoms with Crippen LogP contribution < -0.4 is 5.32 Å². The first kappa shape index (κ1) is 23.8. The summed E-state index contributed by atoms with van der Waals surface area (Å²) in [5.74, 6) is -1.99. The minimum Gasteiger partial charge on any atom is -0.465 e. The molecule has 3 rings (SSSR count). The van der Waals surface area contributed by atoms with E-state index in [0.29, 0.717) is 12.8 Å². The van der Waals surface area contributed by atoms with Crippen molar-refractivity contribution in [2.45, 2.75) is 24.7 Å². The number of piperidine rings is 1. The van der Waals surface area contributed by atoms with E-state index in [-0.39, 0.29) is 46.9 Å².